The molecule has 4 aliphatic rings. The van der Waals surface area contributed by atoms with Gasteiger partial charge in [-0.3, -0.25) is 0 Å². The Kier molecular flexibility index (Phi) is 10.0. The molecule has 2 aliphatic carbocycles. The molecular weight excluding hydrogens is 901 g/mol. The van der Waals surface area contributed by atoms with Crippen molar-refractivity contribution in [2.24, 2.45) is 0 Å². The second-order valence-electron chi connectivity index (χ2n) is 22.9. The van der Waals surface area contributed by atoms with Crippen LogP contribution < -0.4 is 19.3 Å². The molecule has 0 spiro atoms. The Balaban J connectivity index is 1.07. The van der Waals surface area contributed by atoms with Gasteiger partial charge < -0.3 is 19.3 Å². The summed E-state index contributed by atoms with van der Waals surface area (Å²) in [5.74, 6) is 1.78. The van der Waals surface area contributed by atoms with Crippen molar-refractivity contribution in [3.63, 3.8) is 0 Å². The Bertz CT molecular complexity index is 3930. The van der Waals surface area contributed by atoms with Crippen molar-refractivity contribution in [2.75, 3.05) is 24.0 Å². The molecule has 0 aromatic heterocycles. The fourth-order valence-corrected chi connectivity index (χ4v) is 15.3. The highest BCUT2D eigenvalue weighted by atomic mass is 16.5. The molecule has 0 radical (unpaired) electrons. The monoisotopic (exact) mass is 964 g/mol. The van der Waals surface area contributed by atoms with Gasteiger partial charge in [-0.05, 0) is 194 Å². The molecule has 366 valence electrons. The molecule has 0 saturated heterocycles. The van der Waals surface area contributed by atoms with Gasteiger partial charge >= 0.3 is 0 Å². The lowest BCUT2D eigenvalue weighted by Gasteiger charge is -2.50. The van der Waals surface area contributed by atoms with Crippen LogP contribution in [0.1, 0.15) is 90.2 Å². The lowest BCUT2D eigenvalue weighted by molar-refractivity contribution is 0.195. The van der Waals surface area contributed by atoms with E-state index in [0.29, 0.717) is 0 Å². The average Bonchev–Trinajstić information content (AvgIpc) is 3.96. The summed E-state index contributed by atoms with van der Waals surface area (Å²) in [7, 11) is 3.55. The largest absolute Gasteiger partial charge is 0.497 e. The van der Waals surface area contributed by atoms with Crippen LogP contribution in [0.15, 0.2) is 182 Å². The van der Waals surface area contributed by atoms with Gasteiger partial charge in [0.25, 0.3) is 0 Å². The molecule has 2 saturated carbocycles. The third-order valence-corrected chi connectivity index (χ3v) is 19.5. The Morgan fingerprint density at radius 1 is 0.365 bits per heavy atom. The van der Waals surface area contributed by atoms with Crippen molar-refractivity contribution in [1.82, 2.24) is 0 Å². The molecule has 10 aromatic carbocycles. The van der Waals surface area contributed by atoms with E-state index < -0.39 is 0 Å². The highest BCUT2D eigenvalue weighted by Crippen LogP contribution is 2.64. The number of methoxy groups -OCH3 is 2. The highest BCUT2D eigenvalue weighted by Gasteiger charge is 2.59. The van der Waals surface area contributed by atoms with Gasteiger partial charge in [-0.15, -0.1) is 0 Å². The first-order valence-electron chi connectivity index (χ1n) is 27.1. The second kappa shape index (κ2) is 16.5. The zero-order valence-electron chi connectivity index (χ0n) is 43.7. The van der Waals surface area contributed by atoms with Crippen LogP contribution in [0, 0.1) is 0 Å². The number of hydrogen-bond acceptors (Lipinski definition) is 4. The molecule has 2 fully saturated rings. The minimum atomic E-state index is -0.102. The lowest BCUT2D eigenvalue weighted by Crippen LogP contribution is -2.54. The van der Waals surface area contributed by atoms with E-state index in [1.54, 1.807) is 14.2 Å². The number of fused-ring (bicyclic) bond motifs is 11. The van der Waals surface area contributed by atoms with Crippen LogP contribution in [-0.2, 0) is 10.8 Å². The summed E-state index contributed by atoms with van der Waals surface area (Å²) in [5, 5.41) is 10.2. The van der Waals surface area contributed by atoms with E-state index in [9.17, 15) is 0 Å². The smallest absolute Gasteiger partial charge is 0.120 e. The van der Waals surface area contributed by atoms with E-state index in [0.717, 1.165) is 37.2 Å². The Morgan fingerprint density at radius 3 is 1.36 bits per heavy atom. The van der Waals surface area contributed by atoms with E-state index in [2.05, 4.69) is 219 Å². The highest BCUT2D eigenvalue weighted by molar-refractivity contribution is 6.27. The van der Waals surface area contributed by atoms with Crippen molar-refractivity contribution in [1.29, 1.82) is 0 Å². The number of hydrogen-bond donors (Lipinski definition) is 0. The van der Waals surface area contributed by atoms with Crippen LogP contribution in [0.3, 0.4) is 0 Å². The quantitative estimate of drug-likeness (QED) is 0.117. The van der Waals surface area contributed by atoms with Crippen molar-refractivity contribution < 1.29 is 9.47 Å². The minimum absolute atomic E-state index is 0.0639. The van der Waals surface area contributed by atoms with E-state index in [1.165, 1.54) is 136 Å². The van der Waals surface area contributed by atoms with Gasteiger partial charge in [0.2, 0.25) is 0 Å². The Morgan fingerprint density at radius 2 is 0.838 bits per heavy atom. The molecule has 4 unspecified atom stereocenters. The van der Waals surface area contributed by atoms with Gasteiger partial charge in [-0.2, -0.15) is 0 Å². The topological polar surface area (TPSA) is 24.9 Å². The normalized spacial score (nSPS) is 23.0. The molecule has 14 rings (SSSR count). The summed E-state index contributed by atoms with van der Waals surface area (Å²) in [5.41, 5.74) is 15.2. The zero-order chi connectivity index (χ0) is 50.1. The molecule has 0 amide bonds. The number of nitrogens with zero attached hydrogens (tertiary/aromatic N) is 2. The summed E-state index contributed by atoms with van der Waals surface area (Å²) in [4.78, 5) is 5.33. The number of benzene rings is 10. The van der Waals surface area contributed by atoms with Gasteiger partial charge in [0, 0.05) is 45.7 Å². The van der Waals surface area contributed by atoms with Crippen molar-refractivity contribution in [3.05, 3.63) is 193 Å². The van der Waals surface area contributed by atoms with Crippen LogP contribution in [0.25, 0.3) is 76.5 Å². The van der Waals surface area contributed by atoms with Crippen molar-refractivity contribution in [2.45, 2.75) is 101 Å². The predicted molar refractivity (Wildman–Crippen MR) is 311 cm³/mol. The number of anilines is 4. The minimum Gasteiger partial charge on any atom is -0.497 e. The van der Waals surface area contributed by atoms with Crippen LogP contribution in [0.5, 0.6) is 11.5 Å². The van der Waals surface area contributed by atoms with Gasteiger partial charge in [-0.1, -0.05) is 143 Å². The molecule has 0 bridgehead atoms. The van der Waals surface area contributed by atoms with Gasteiger partial charge in [-0.25, -0.2) is 0 Å². The first kappa shape index (κ1) is 45.1. The second-order valence-corrected chi connectivity index (χ2v) is 22.9. The van der Waals surface area contributed by atoms with Crippen molar-refractivity contribution >= 4 is 65.8 Å². The molecule has 4 nitrogen and oxygen atoms in total. The predicted octanol–water partition coefficient (Wildman–Crippen LogP) is 18.8. The third kappa shape index (κ3) is 6.21. The first-order valence-corrected chi connectivity index (χ1v) is 27.1. The SMILES string of the molecule is COc1cccc(N2c3ccc(-c4c5ccccc5c(-c5ccc6c(c5)C5(C)CCCCC5(C)N6c5cccc(OC)c5)c5cc6c(cc45)c(-c4ccccc4)cc4ccccc46)cc3C3(C)CCCCC23C)c1. The number of ether oxygens (including phenoxy) is 2. The van der Waals surface area contributed by atoms with Gasteiger partial charge in [0.1, 0.15) is 11.5 Å². The molecular formula is C70H64N2O2. The van der Waals surface area contributed by atoms with Gasteiger partial charge in [0.05, 0.1) is 25.3 Å². The van der Waals surface area contributed by atoms with E-state index in [-0.39, 0.29) is 21.9 Å². The lowest BCUT2D eigenvalue weighted by atomic mass is 9.61. The van der Waals surface area contributed by atoms with E-state index in [4.69, 9.17) is 9.47 Å². The Hall–Kier alpha value is -7.56. The fourth-order valence-electron chi connectivity index (χ4n) is 15.3. The molecule has 0 N–H and O–H groups in total. The van der Waals surface area contributed by atoms with Crippen LogP contribution in [0.2, 0.25) is 0 Å². The maximum atomic E-state index is 5.84. The molecule has 2 heterocycles. The standard InChI is InChI=1S/C70H64N2O2/c1-67-34-14-16-36-69(67,3)71(49-23-18-25-51(41-49)73-5)63-32-30-47(39-61(63)67)65-54-28-12-13-29-55(54)66(60-44-58-56(45-20-8-7-9-21-45)38-46-22-10-11-27-53(46)57(58)43-59(60)65)48-31-33-64-62(40-48)68(2)35-15-17-37-70(68,4)72(64)50-24-19-26-52(42-50)74-6/h7-13,18-33,38-44H,14-17,34-37H2,1-6H3. The molecule has 4 heteroatoms. The Labute approximate surface area is 436 Å². The maximum Gasteiger partial charge on any atom is 0.120 e. The third-order valence-electron chi connectivity index (χ3n) is 19.5. The summed E-state index contributed by atoms with van der Waals surface area (Å²) in [6, 6.07) is 69.3. The maximum absolute atomic E-state index is 5.84. The summed E-state index contributed by atoms with van der Waals surface area (Å²) < 4.78 is 11.7. The molecule has 2 aliphatic heterocycles. The van der Waals surface area contributed by atoms with Gasteiger partial charge in [0.15, 0.2) is 0 Å². The van der Waals surface area contributed by atoms with E-state index >= 15 is 0 Å². The van der Waals surface area contributed by atoms with Crippen molar-refractivity contribution in [3.8, 4) is 44.9 Å². The number of rotatable bonds is 7. The van der Waals surface area contributed by atoms with Crippen LogP contribution >= 0.6 is 0 Å². The first-order chi connectivity index (χ1) is 36.1. The summed E-state index contributed by atoms with van der Waals surface area (Å²) in [6.07, 6.45) is 9.43. The molecule has 4 atom stereocenters. The van der Waals surface area contributed by atoms with Crippen LogP contribution in [-0.4, -0.2) is 25.3 Å². The van der Waals surface area contributed by atoms with E-state index in [1.807, 2.05) is 0 Å². The van der Waals surface area contributed by atoms with Crippen LogP contribution in [0.4, 0.5) is 22.7 Å². The summed E-state index contributed by atoms with van der Waals surface area (Å²) >= 11 is 0. The zero-order valence-corrected chi connectivity index (χ0v) is 43.7. The summed E-state index contributed by atoms with van der Waals surface area (Å²) in [6.45, 7) is 10.2. The molecule has 10 aromatic rings. The fraction of sp³-hybridized carbons (Fsp3) is 0.257. The molecule has 74 heavy (non-hydrogen) atoms. The average molecular weight is 965 g/mol.